The van der Waals surface area contributed by atoms with Crippen molar-refractivity contribution in [2.75, 3.05) is 6.54 Å². The average Bonchev–Trinajstić information content (AvgIpc) is 2.74. The lowest BCUT2D eigenvalue weighted by atomic mass is 9.75. The summed E-state index contributed by atoms with van der Waals surface area (Å²) < 4.78 is 0. The number of rotatable bonds is 13. The largest absolute Gasteiger partial charge is 0.475 e. The first kappa shape index (κ1) is 29.1. The molecule has 34 heavy (non-hydrogen) atoms. The van der Waals surface area contributed by atoms with Crippen molar-refractivity contribution in [3.8, 4) is 0 Å². The van der Waals surface area contributed by atoms with Crippen molar-refractivity contribution in [3.05, 3.63) is 45.0 Å². The Morgan fingerprint density at radius 2 is 1.79 bits per heavy atom. The summed E-state index contributed by atoms with van der Waals surface area (Å²) in [5, 5.41) is 34.6. The first-order valence-electron chi connectivity index (χ1n) is 10.8. The molecule has 0 aliphatic heterocycles. The lowest BCUT2D eigenvalue weighted by Gasteiger charge is -2.25. The van der Waals surface area contributed by atoms with Gasteiger partial charge in [-0.1, -0.05) is 43.0 Å². The molecule has 1 aromatic rings. The van der Waals surface area contributed by atoms with Gasteiger partial charge in [-0.25, -0.2) is 15.1 Å². The Kier molecular flexibility index (Phi) is 12.3. The minimum atomic E-state index is -1.77. The van der Waals surface area contributed by atoms with Crippen LogP contribution >= 0.6 is 11.6 Å². The maximum Gasteiger partial charge on any atom is 0.475 e. The molecule has 1 unspecified atom stereocenters. The molecule has 0 aromatic heterocycles. The van der Waals surface area contributed by atoms with E-state index in [2.05, 4.69) is 15.6 Å². The number of hydrogen-bond acceptors (Lipinski definition) is 7. The minimum Gasteiger partial charge on any atom is -0.426 e. The van der Waals surface area contributed by atoms with Crippen LogP contribution in [-0.2, 0) is 9.59 Å². The highest BCUT2D eigenvalue weighted by molar-refractivity contribution is 6.43. The number of guanidine groups is 1. The quantitative estimate of drug-likeness (QED) is 0.0560. The summed E-state index contributed by atoms with van der Waals surface area (Å²) >= 11 is 5.90. The van der Waals surface area contributed by atoms with E-state index >= 15 is 0 Å². The summed E-state index contributed by atoms with van der Waals surface area (Å²) in [6.07, 6.45) is 0.721. The van der Waals surface area contributed by atoms with Crippen molar-refractivity contribution in [3.63, 3.8) is 0 Å². The van der Waals surface area contributed by atoms with E-state index in [1.165, 1.54) is 0 Å². The van der Waals surface area contributed by atoms with Crippen LogP contribution in [-0.4, -0.2) is 58.5 Å². The number of benzene rings is 1. The maximum absolute atomic E-state index is 12.9. The summed E-state index contributed by atoms with van der Waals surface area (Å²) in [7, 11) is -1.77. The van der Waals surface area contributed by atoms with Crippen molar-refractivity contribution in [1.29, 1.82) is 0 Å². The Labute approximate surface area is 203 Å². The highest BCUT2D eigenvalue weighted by Gasteiger charge is 2.30. The Balaban J connectivity index is 2.91. The van der Waals surface area contributed by atoms with Gasteiger partial charge in [0.05, 0.1) is 11.9 Å². The predicted molar refractivity (Wildman–Crippen MR) is 129 cm³/mol. The fourth-order valence-electron chi connectivity index (χ4n) is 3.14. The van der Waals surface area contributed by atoms with Crippen LogP contribution in [0.4, 0.5) is 0 Å². The molecule has 0 spiro atoms. The highest BCUT2D eigenvalue weighted by Crippen LogP contribution is 2.19. The van der Waals surface area contributed by atoms with Crippen LogP contribution in [0.2, 0.25) is 5.02 Å². The van der Waals surface area contributed by atoms with Gasteiger partial charge in [0.25, 0.3) is 5.96 Å². The molecule has 0 aliphatic carbocycles. The van der Waals surface area contributed by atoms with E-state index in [1.807, 2.05) is 13.8 Å². The Morgan fingerprint density at radius 1 is 1.18 bits per heavy atom. The van der Waals surface area contributed by atoms with Crippen molar-refractivity contribution >= 4 is 36.5 Å². The normalized spacial score (nSPS) is 14.1. The van der Waals surface area contributed by atoms with E-state index in [0.29, 0.717) is 17.0 Å². The van der Waals surface area contributed by atoms with Crippen LogP contribution < -0.4 is 21.8 Å². The van der Waals surface area contributed by atoms with Gasteiger partial charge in [-0.2, -0.15) is 0 Å². The van der Waals surface area contributed by atoms with Gasteiger partial charge in [-0.15, -0.1) is 0 Å². The number of halogens is 1. The van der Waals surface area contributed by atoms with E-state index in [9.17, 15) is 29.8 Å². The van der Waals surface area contributed by atoms with Crippen LogP contribution in [0.3, 0.4) is 0 Å². The van der Waals surface area contributed by atoms with E-state index in [4.69, 9.17) is 17.3 Å². The molecule has 0 saturated carbocycles. The molecule has 0 saturated heterocycles. The minimum absolute atomic E-state index is 0.0666. The molecule has 7 N–H and O–H groups in total. The van der Waals surface area contributed by atoms with Crippen LogP contribution in [0.15, 0.2) is 29.3 Å². The van der Waals surface area contributed by atoms with Gasteiger partial charge in [0.1, 0.15) is 6.04 Å². The lowest BCUT2D eigenvalue weighted by molar-refractivity contribution is -0.525. The van der Waals surface area contributed by atoms with Gasteiger partial charge in [-0.05, 0) is 49.8 Å². The second-order valence-corrected chi connectivity index (χ2v) is 8.71. The topological polar surface area (TPSA) is 192 Å². The SMILES string of the molecule is CC(C)C[C@H](NC(=O)[C@H](CCCN=C(N)N[N+](=O)[O-])NC(=O)C(C)c1ccc(Cl)cc1)B(O)O. The number of nitrogens with one attached hydrogen (secondary N) is 3. The number of carbonyl (C=O) groups is 2. The first-order valence-corrected chi connectivity index (χ1v) is 11.2. The van der Waals surface area contributed by atoms with Crippen LogP contribution in [0, 0.1) is 16.0 Å². The predicted octanol–water partition coefficient (Wildman–Crippen LogP) is 0.347. The summed E-state index contributed by atoms with van der Waals surface area (Å²) in [6.45, 7) is 5.49. The monoisotopic (exact) mass is 498 g/mol. The molecule has 0 bridgehead atoms. The zero-order valence-electron chi connectivity index (χ0n) is 19.4. The van der Waals surface area contributed by atoms with Crippen molar-refractivity contribution in [2.24, 2.45) is 16.6 Å². The van der Waals surface area contributed by atoms with Crippen LogP contribution in [0.1, 0.15) is 51.5 Å². The van der Waals surface area contributed by atoms with Crippen LogP contribution in [0.5, 0.6) is 0 Å². The molecule has 12 nitrogen and oxygen atoms in total. The van der Waals surface area contributed by atoms with Crippen molar-refractivity contribution < 1.29 is 24.7 Å². The first-order chi connectivity index (χ1) is 15.9. The zero-order chi connectivity index (χ0) is 25.8. The Hall–Kier alpha value is -2.90. The van der Waals surface area contributed by atoms with Crippen molar-refractivity contribution in [2.45, 2.75) is 57.9 Å². The smallest absolute Gasteiger partial charge is 0.426 e. The van der Waals surface area contributed by atoms with E-state index in [0.717, 1.165) is 0 Å². The highest BCUT2D eigenvalue weighted by atomic mass is 35.5. The number of hydrazine groups is 1. The molecule has 0 fully saturated rings. The van der Waals surface area contributed by atoms with E-state index < -0.39 is 41.9 Å². The number of nitro groups is 1. The Bertz CT molecular complexity index is 854. The van der Waals surface area contributed by atoms with Gasteiger partial charge in [0, 0.05) is 11.6 Å². The second-order valence-electron chi connectivity index (χ2n) is 8.27. The molecule has 14 heteroatoms. The molecular weight excluding hydrogens is 467 g/mol. The second kappa shape index (κ2) is 14.4. The molecule has 2 amide bonds. The van der Waals surface area contributed by atoms with Crippen molar-refractivity contribution in [1.82, 2.24) is 16.1 Å². The van der Waals surface area contributed by atoms with Gasteiger partial charge < -0.3 is 26.4 Å². The maximum atomic E-state index is 12.9. The molecule has 0 radical (unpaired) electrons. The molecular formula is C20H32BClN6O6. The zero-order valence-corrected chi connectivity index (χ0v) is 20.2. The Morgan fingerprint density at radius 3 is 2.32 bits per heavy atom. The molecule has 0 heterocycles. The fourth-order valence-corrected chi connectivity index (χ4v) is 3.26. The fraction of sp³-hybridized carbons (Fsp3) is 0.550. The molecule has 0 aliphatic rings. The molecule has 1 aromatic carbocycles. The van der Waals surface area contributed by atoms with E-state index in [-0.39, 0.29) is 31.3 Å². The van der Waals surface area contributed by atoms with Gasteiger partial charge in [-0.3, -0.25) is 9.59 Å². The van der Waals surface area contributed by atoms with Gasteiger partial charge >= 0.3 is 7.12 Å². The summed E-state index contributed by atoms with van der Waals surface area (Å²) in [5.74, 6) is -2.80. The molecule has 3 atom stereocenters. The summed E-state index contributed by atoms with van der Waals surface area (Å²) in [4.78, 5) is 40.0. The van der Waals surface area contributed by atoms with Crippen LogP contribution in [0.25, 0.3) is 0 Å². The summed E-state index contributed by atoms with van der Waals surface area (Å²) in [5.41, 5.74) is 7.79. The summed E-state index contributed by atoms with van der Waals surface area (Å²) in [6, 6.07) is 5.73. The average molecular weight is 499 g/mol. The van der Waals surface area contributed by atoms with Gasteiger partial charge in [0.15, 0.2) is 5.03 Å². The van der Waals surface area contributed by atoms with E-state index in [1.54, 1.807) is 36.6 Å². The molecule has 1 rings (SSSR count). The third-order valence-electron chi connectivity index (χ3n) is 4.95. The number of aliphatic imine (C=N–C) groups is 1. The lowest BCUT2D eigenvalue weighted by Crippen LogP contribution is -2.54. The molecule has 188 valence electrons. The number of amides is 2. The standard InChI is InChI=1S/C20H32BClN6O6/c1-12(2)11-17(21(31)32)26-19(30)16(5-4-10-24-20(23)27-28(33)34)25-18(29)13(3)14-6-8-15(22)9-7-14/h6-9,12-13,16-17,31-32H,4-5,10-11H2,1-3H3,(H,25,29)(H,26,30)(H3,23,24,27)/t13?,16-,17-/m0/s1. The van der Waals surface area contributed by atoms with Gasteiger partial charge in [0.2, 0.25) is 11.8 Å². The number of nitrogens with two attached hydrogens (primary N) is 1. The third kappa shape index (κ3) is 10.8. The third-order valence-corrected chi connectivity index (χ3v) is 5.20. The number of nitrogens with zero attached hydrogens (tertiary/aromatic N) is 2. The number of hydrogen-bond donors (Lipinski definition) is 6. The number of carbonyl (C=O) groups excluding carboxylic acids is 2.